The highest BCUT2D eigenvalue weighted by molar-refractivity contribution is 7.15. The van der Waals surface area contributed by atoms with Crippen molar-refractivity contribution >= 4 is 16.5 Å². The van der Waals surface area contributed by atoms with Gasteiger partial charge in [0.25, 0.3) is 0 Å². The Bertz CT molecular complexity index is 425. The first kappa shape index (κ1) is 14.3. The number of morpholine rings is 1. The molecule has 1 saturated carbocycles. The summed E-state index contributed by atoms with van der Waals surface area (Å²) in [7, 11) is 0. The topological polar surface area (TPSA) is 37.4 Å². The smallest absolute Gasteiger partial charge is 0.185 e. The number of hydrogen-bond donors (Lipinski definition) is 1. The SMILES string of the molecule is CCCCNCc1sc(N2CCOCC2)nc1C1CC1. The van der Waals surface area contributed by atoms with Crippen molar-refractivity contribution < 1.29 is 4.74 Å². The van der Waals surface area contributed by atoms with Crippen LogP contribution in [-0.2, 0) is 11.3 Å². The summed E-state index contributed by atoms with van der Waals surface area (Å²) in [5.74, 6) is 0.740. The molecule has 0 radical (unpaired) electrons. The van der Waals surface area contributed by atoms with E-state index in [0.717, 1.165) is 45.3 Å². The molecule has 1 aliphatic carbocycles. The van der Waals surface area contributed by atoms with E-state index in [0.29, 0.717) is 0 Å². The number of unbranched alkanes of at least 4 members (excludes halogenated alkanes) is 1. The van der Waals surface area contributed by atoms with E-state index in [-0.39, 0.29) is 0 Å². The maximum absolute atomic E-state index is 5.43. The van der Waals surface area contributed by atoms with Crippen LogP contribution in [-0.4, -0.2) is 37.8 Å². The highest BCUT2D eigenvalue weighted by Crippen LogP contribution is 2.44. The van der Waals surface area contributed by atoms with E-state index < -0.39 is 0 Å². The van der Waals surface area contributed by atoms with Crippen LogP contribution in [0.15, 0.2) is 0 Å². The van der Waals surface area contributed by atoms with Gasteiger partial charge in [-0.2, -0.15) is 0 Å². The third-order valence-electron chi connectivity index (χ3n) is 3.95. The van der Waals surface area contributed by atoms with Crippen molar-refractivity contribution in [2.45, 2.75) is 45.1 Å². The quantitative estimate of drug-likeness (QED) is 0.785. The molecule has 0 unspecified atom stereocenters. The van der Waals surface area contributed by atoms with Gasteiger partial charge in [0.2, 0.25) is 0 Å². The lowest BCUT2D eigenvalue weighted by Crippen LogP contribution is -2.36. The minimum Gasteiger partial charge on any atom is -0.378 e. The minimum absolute atomic E-state index is 0.740. The summed E-state index contributed by atoms with van der Waals surface area (Å²) in [6.07, 6.45) is 5.17. The fraction of sp³-hybridized carbons (Fsp3) is 0.800. The molecule has 0 spiro atoms. The maximum atomic E-state index is 5.43. The van der Waals surface area contributed by atoms with Crippen molar-refractivity contribution in [2.75, 3.05) is 37.7 Å². The zero-order valence-electron chi connectivity index (χ0n) is 12.4. The first-order valence-corrected chi connectivity index (χ1v) is 8.73. The van der Waals surface area contributed by atoms with Gasteiger partial charge in [0, 0.05) is 30.4 Å². The van der Waals surface area contributed by atoms with Gasteiger partial charge in [0.15, 0.2) is 5.13 Å². The van der Waals surface area contributed by atoms with Gasteiger partial charge in [-0.25, -0.2) is 4.98 Å². The lowest BCUT2D eigenvalue weighted by atomic mass is 10.2. The van der Waals surface area contributed by atoms with Crippen LogP contribution in [0.2, 0.25) is 0 Å². The Kier molecular flexibility index (Phi) is 4.91. The molecule has 1 N–H and O–H groups in total. The summed E-state index contributed by atoms with van der Waals surface area (Å²) in [6.45, 7) is 7.99. The molecule has 3 rings (SSSR count). The van der Waals surface area contributed by atoms with Gasteiger partial charge in [0.1, 0.15) is 0 Å². The minimum atomic E-state index is 0.740. The van der Waals surface area contributed by atoms with Crippen molar-refractivity contribution in [2.24, 2.45) is 0 Å². The third-order valence-corrected chi connectivity index (χ3v) is 5.09. The van der Waals surface area contributed by atoms with Crippen molar-refractivity contribution in [3.05, 3.63) is 10.6 Å². The number of anilines is 1. The summed E-state index contributed by atoms with van der Waals surface area (Å²) in [5, 5.41) is 4.78. The highest BCUT2D eigenvalue weighted by atomic mass is 32.1. The fourth-order valence-electron chi connectivity index (χ4n) is 2.55. The number of aromatic nitrogens is 1. The van der Waals surface area contributed by atoms with Crippen LogP contribution in [0, 0.1) is 0 Å². The molecule has 0 amide bonds. The van der Waals surface area contributed by atoms with Crippen LogP contribution in [0.5, 0.6) is 0 Å². The van der Waals surface area contributed by atoms with Gasteiger partial charge in [-0.1, -0.05) is 13.3 Å². The molecule has 1 aromatic rings. The van der Waals surface area contributed by atoms with E-state index in [4.69, 9.17) is 9.72 Å². The lowest BCUT2D eigenvalue weighted by Gasteiger charge is -2.26. The lowest BCUT2D eigenvalue weighted by molar-refractivity contribution is 0.122. The molecular formula is C15H25N3OS. The first-order valence-electron chi connectivity index (χ1n) is 7.91. The van der Waals surface area contributed by atoms with Crippen molar-refractivity contribution in [1.29, 1.82) is 0 Å². The summed E-state index contributed by atoms with van der Waals surface area (Å²) in [4.78, 5) is 8.79. The summed E-state index contributed by atoms with van der Waals surface area (Å²) >= 11 is 1.89. The van der Waals surface area contributed by atoms with Crippen LogP contribution in [0.1, 0.15) is 49.1 Å². The zero-order valence-corrected chi connectivity index (χ0v) is 13.2. The molecule has 20 heavy (non-hydrogen) atoms. The molecule has 2 fully saturated rings. The summed E-state index contributed by atoms with van der Waals surface area (Å²) in [6, 6.07) is 0. The van der Waals surface area contributed by atoms with Gasteiger partial charge < -0.3 is 15.0 Å². The van der Waals surface area contributed by atoms with Crippen molar-refractivity contribution in [3.8, 4) is 0 Å². The van der Waals surface area contributed by atoms with E-state index in [1.165, 1.54) is 41.4 Å². The molecule has 0 atom stereocenters. The Morgan fingerprint density at radius 2 is 2.15 bits per heavy atom. The van der Waals surface area contributed by atoms with Gasteiger partial charge in [0.05, 0.1) is 18.9 Å². The average Bonchev–Trinajstić information content (AvgIpc) is 3.25. The molecular weight excluding hydrogens is 270 g/mol. The number of ether oxygens (including phenoxy) is 1. The van der Waals surface area contributed by atoms with Gasteiger partial charge >= 0.3 is 0 Å². The standard InChI is InChI=1S/C15H25N3OS/c1-2-3-6-16-11-13-14(12-4-5-12)17-15(20-13)18-7-9-19-10-8-18/h12,16H,2-11H2,1H3. The van der Waals surface area contributed by atoms with Crippen molar-refractivity contribution in [1.82, 2.24) is 10.3 Å². The second kappa shape index (κ2) is 6.87. The Morgan fingerprint density at radius 3 is 2.85 bits per heavy atom. The van der Waals surface area contributed by atoms with Crippen molar-refractivity contribution in [3.63, 3.8) is 0 Å². The van der Waals surface area contributed by atoms with Crippen LogP contribution < -0.4 is 10.2 Å². The van der Waals surface area contributed by atoms with Crippen LogP contribution in [0.4, 0.5) is 5.13 Å². The number of nitrogens with zero attached hydrogens (tertiary/aromatic N) is 2. The Balaban J connectivity index is 1.65. The molecule has 0 aromatic carbocycles. The number of rotatable bonds is 7. The molecule has 5 heteroatoms. The predicted molar refractivity (Wildman–Crippen MR) is 83.7 cm³/mol. The third kappa shape index (κ3) is 3.51. The van der Waals surface area contributed by atoms with Gasteiger partial charge in [-0.05, 0) is 25.8 Å². The summed E-state index contributed by atoms with van der Waals surface area (Å²) in [5.41, 5.74) is 1.38. The Labute approximate surface area is 125 Å². The molecule has 112 valence electrons. The number of thiazole rings is 1. The highest BCUT2D eigenvalue weighted by Gasteiger charge is 2.30. The predicted octanol–water partition coefficient (Wildman–Crippen LogP) is 2.75. The average molecular weight is 295 g/mol. The van der Waals surface area contributed by atoms with Crippen LogP contribution >= 0.6 is 11.3 Å². The monoisotopic (exact) mass is 295 g/mol. The molecule has 2 aliphatic rings. The van der Waals surface area contributed by atoms with E-state index in [9.17, 15) is 0 Å². The zero-order chi connectivity index (χ0) is 13.8. The number of hydrogen-bond acceptors (Lipinski definition) is 5. The fourth-order valence-corrected chi connectivity index (χ4v) is 3.71. The largest absolute Gasteiger partial charge is 0.378 e. The maximum Gasteiger partial charge on any atom is 0.185 e. The van der Waals surface area contributed by atoms with E-state index in [1.54, 1.807) is 0 Å². The Morgan fingerprint density at radius 1 is 1.35 bits per heavy atom. The Hall–Kier alpha value is -0.650. The second-order valence-corrected chi connectivity index (χ2v) is 6.77. The van der Waals surface area contributed by atoms with E-state index in [2.05, 4.69) is 17.1 Å². The number of nitrogens with one attached hydrogen (secondary N) is 1. The summed E-state index contributed by atoms with van der Waals surface area (Å²) < 4.78 is 5.43. The molecule has 4 nitrogen and oxygen atoms in total. The normalized spacial score (nSPS) is 19.6. The first-order chi connectivity index (χ1) is 9.88. The molecule has 0 bridgehead atoms. The second-order valence-electron chi connectivity index (χ2n) is 5.71. The van der Waals surface area contributed by atoms with Crippen LogP contribution in [0.25, 0.3) is 0 Å². The van der Waals surface area contributed by atoms with E-state index >= 15 is 0 Å². The van der Waals surface area contributed by atoms with Gasteiger partial charge in [-0.15, -0.1) is 11.3 Å². The molecule has 1 aliphatic heterocycles. The van der Waals surface area contributed by atoms with Crippen LogP contribution in [0.3, 0.4) is 0 Å². The molecule has 2 heterocycles. The van der Waals surface area contributed by atoms with E-state index in [1.807, 2.05) is 11.3 Å². The molecule has 1 saturated heterocycles. The molecule has 1 aromatic heterocycles. The van der Waals surface area contributed by atoms with Gasteiger partial charge in [-0.3, -0.25) is 0 Å².